The second-order valence-electron chi connectivity index (χ2n) is 5.71. The van der Waals surface area contributed by atoms with Gasteiger partial charge in [0.15, 0.2) is 0 Å². The molecule has 1 aromatic carbocycles. The van der Waals surface area contributed by atoms with Crippen LogP contribution in [0.2, 0.25) is 5.02 Å². The molecule has 0 aromatic heterocycles. The first-order valence-electron chi connectivity index (χ1n) is 7.90. The number of benzene rings is 1. The van der Waals surface area contributed by atoms with E-state index in [0.29, 0.717) is 31.1 Å². The molecule has 1 heterocycles. The van der Waals surface area contributed by atoms with Gasteiger partial charge in [-0.1, -0.05) is 36.7 Å². The predicted molar refractivity (Wildman–Crippen MR) is 87.5 cm³/mol. The molecule has 0 spiro atoms. The van der Waals surface area contributed by atoms with Crippen LogP contribution < -0.4 is 5.32 Å². The monoisotopic (exact) mass is 322 g/mol. The van der Waals surface area contributed by atoms with Gasteiger partial charge in [0.25, 0.3) is 0 Å². The predicted octanol–water partition coefficient (Wildman–Crippen LogP) is 2.99. The maximum atomic E-state index is 12.2. The topological polar surface area (TPSA) is 49.4 Å². The summed E-state index contributed by atoms with van der Waals surface area (Å²) in [5.41, 5.74) is 0.924. The van der Waals surface area contributed by atoms with Crippen LogP contribution in [-0.4, -0.2) is 29.8 Å². The summed E-state index contributed by atoms with van der Waals surface area (Å²) >= 11 is 6.08. The molecule has 1 aliphatic rings. The molecule has 22 heavy (non-hydrogen) atoms. The number of piperidine rings is 1. The fourth-order valence-corrected chi connectivity index (χ4v) is 2.93. The molecule has 0 saturated carbocycles. The Morgan fingerprint density at radius 3 is 2.59 bits per heavy atom. The molecule has 0 unspecified atom stereocenters. The lowest BCUT2D eigenvalue weighted by Crippen LogP contribution is -2.42. The molecule has 1 saturated heterocycles. The normalized spacial score (nSPS) is 15.6. The highest BCUT2D eigenvalue weighted by molar-refractivity contribution is 6.31. The van der Waals surface area contributed by atoms with Crippen LogP contribution in [0.4, 0.5) is 0 Å². The zero-order chi connectivity index (χ0) is 15.9. The number of nitrogens with zero attached hydrogens (tertiary/aromatic N) is 1. The lowest BCUT2D eigenvalue weighted by Gasteiger charge is -2.31. The fraction of sp³-hybridized carbons (Fsp3) is 0.529. The standard InChI is InChI=1S/C17H23ClN2O2/c1-2-5-16(21)20-10-8-13(9-11-20)17(22)19-12-14-6-3-4-7-15(14)18/h3-4,6-7,13H,2,5,8-12H2,1H3,(H,19,22). The number of hydrogen-bond acceptors (Lipinski definition) is 2. The molecule has 0 atom stereocenters. The van der Waals surface area contributed by atoms with Crippen LogP contribution in [0, 0.1) is 5.92 Å². The van der Waals surface area contributed by atoms with Crippen LogP contribution in [0.25, 0.3) is 0 Å². The van der Waals surface area contributed by atoms with Crippen LogP contribution in [0.15, 0.2) is 24.3 Å². The number of nitrogens with one attached hydrogen (secondary N) is 1. The van der Waals surface area contributed by atoms with Crippen LogP contribution in [0.1, 0.15) is 38.2 Å². The Morgan fingerprint density at radius 1 is 1.27 bits per heavy atom. The number of carbonyl (C=O) groups excluding carboxylic acids is 2. The van der Waals surface area contributed by atoms with Crippen molar-refractivity contribution in [3.05, 3.63) is 34.9 Å². The van der Waals surface area contributed by atoms with Gasteiger partial charge in [0, 0.05) is 37.0 Å². The average Bonchev–Trinajstić information content (AvgIpc) is 2.54. The van der Waals surface area contributed by atoms with Crippen molar-refractivity contribution in [1.82, 2.24) is 10.2 Å². The van der Waals surface area contributed by atoms with Gasteiger partial charge in [0.2, 0.25) is 11.8 Å². The molecule has 2 amide bonds. The van der Waals surface area contributed by atoms with Crippen molar-refractivity contribution in [1.29, 1.82) is 0 Å². The van der Waals surface area contributed by atoms with Crippen molar-refractivity contribution < 1.29 is 9.59 Å². The minimum absolute atomic E-state index is 0.00633. The molecule has 0 radical (unpaired) electrons. The van der Waals surface area contributed by atoms with E-state index in [1.807, 2.05) is 36.1 Å². The molecule has 120 valence electrons. The summed E-state index contributed by atoms with van der Waals surface area (Å²) < 4.78 is 0. The molecule has 1 fully saturated rings. The summed E-state index contributed by atoms with van der Waals surface area (Å²) in [4.78, 5) is 25.9. The number of likely N-dealkylation sites (tertiary alicyclic amines) is 1. The number of amides is 2. The molecule has 1 N–H and O–H groups in total. The van der Waals surface area contributed by atoms with Gasteiger partial charge in [0.1, 0.15) is 0 Å². The summed E-state index contributed by atoms with van der Waals surface area (Å²) in [6, 6.07) is 7.51. The molecule has 0 aliphatic carbocycles. The SMILES string of the molecule is CCCC(=O)N1CCC(C(=O)NCc2ccccc2Cl)CC1. The minimum Gasteiger partial charge on any atom is -0.352 e. The summed E-state index contributed by atoms with van der Waals surface area (Å²) in [5, 5.41) is 3.62. The highest BCUT2D eigenvalue weighted by Crippen LogP contribution is 2.19. The van der Waals surface area contributed by atoms with Gasteiger partial charge >= 0.3 is 0 Å². The molecule has 2 rings (SSSR count). The highest BCUT2D eigenvalue weighted by Gasteiger charge is 2.26. The lowest BCUT2D eigenvalue weighted by atomic mass is 9.95. The van der Waals surface area contributed by atoms with E-state index in [1.165, 1.54) is 0 Å². The van der Waals surface area contributed by atoms with E-state index in [1.54, 1.807) is 0 Å². The van der Waals surface area contributed by atoms with Crippen LogP contribution in [-0.2, 0) is 16.1 Å². The molecular weight excluding hydrogens is 300 g/mol. The van der Waals surface area contributed by atoms with E-state index < -0.39 is 0 Å². The summed E-state index contributed by atoms with van der Waals surface area (Å²) in [7, 11) is 0. The smallest absolute Gasteiger partial charge is 0.223 e. The largest absolute Gasteiger partial charge is 0.352 e. The summed E-state index contributed by atoms with van der Waals surface area (Å²) in [6.45, 7) is 3.83. The van der Waals surface area contributed by atoms with Crippen LogP contribution in [0.5, 0.6) is 0 Å². The van der Waals surface area contributed by atoms with Gasteiger partial charge in [-0.05, 0) is 30.9 Å². The van der Waals surface area contributed by atoms with Crippen molar-refractivity contribution in [2.24, 2.45) is 5.92 Å². The molecule has 1 aliphatic heterocycles. The van der Waals surface area contributed by atoms with Gasteiger partial charge < -0.3 is 10.2 Å². The first kappa shape index (κ1) is 16.8. The van der Waals surface area contributed by atoms with E-state index >= 15 is 0 Å². The van der Waals surface area contributed by atoms with E-state index in [-0.39, 0.29) is 17.7 Å². The second kappa shape index (κ2) is 8.18. The van der Waals surface area contributed by atoms with Gasteiger partial charge in [-0.2, -0.15) is 0 Å². The Kier molecular flexibility index (Phi) is 6.25. The van der Waals surface area contributed by atoms with E-state index in [2.05, 4.69) is 5.32 Å². The third-order valence-electron chi connectivity index (χ3n) is 4.09. The number of halogens is 1. The van der Waals surface area contributed by atoms with E-state index in [0.717, 1.165) is 24.8 Å². The van der Waals surface area contributed by atoms with Crippen molar-refractivity contribution >= 4 is 23.4 Å². The molecule has 4 nitrogen and oxygen atoms in total. The Morgan fingerprint density at radius 2 is 1.95 bits per heavy atom. The quantitative estimate of drug-likeness (QED) is 0.906. The van der Waals surface area contributed by atoms with Gasteiger partial charge in [-0.25, -0.2) is 0 Å². The third kappa shape index (κ3) is 4.47. The molecule has 0 bridgehead atoms. The number of hydrogen-bond donors (Lipinski definition) is 1. The maximum absolute atomic E-state index is 12.2. The molecule has 5 heteroatoms. The van der Waals surface area contributed by atoms with E-state index in [9.17, 15) is 9.59 Å². The summed E-state index contributed by atoms with van der Waals surface area (Å²) in [5.74, 6) is 0.258. The minimum atomic E-state index is -0.00633. The van der Waals surface area contributed by atoms with Crippen LogP contribution >= 0.6 is 11.6 Å². The highest BCUT2D eigenvalue weighted by atomic mass is 35.5. The van der Waals surface area contributed by atoms with Gasteiger partial charge in [-0.15, -0.1) is 0 Å². The van der Waals surface area contributed by atoms with Crippen LogP contribution in [0.3, 0.4) is 0 Å². The first-order chi connectivity index (χ1) is 10.6. The second-order valence-corrected chi connectivity index (χ2v) is 6.12. The molecule has 1 aromatic rings. The maximum Gasteiger partial charge on any atom is 0.223 e. The van der Waals surface area contributed by atoms with Crippen molar-refractivity contribution in [2.45, 2.75) is 39.2 Å². The zero-order valence-electron chi connectivity index (χ0n) is 13.0. The third-order valence-corrected chi connectivity index (χ3v) is 4.46. The average molecular weight is 323 g/mol. The zero-order valence-corrected chi connectivity index (χ0v) is 13.7. The Labute approximate surface area is 136 Å². The Balaban J connectivity index is 1.78. The lowest BCUT2D eigenvalue weighted by molar-refractivity contribution is -0.135. The molecular formula is C17H23ClN2O2. The number of carbonyl (C=O) groups is 2. The summed E-state index contributed by atoms with van der Waals surface area (Å²) in [6.07, 6.45) is 2.95. The first-order valence-corrected chi connectivity index (χ1v) is 8.28. The van der Waals surface area contributed by atoms with E-state index in [4.69, 9.17) is 11.6 Å². The Hall–Kier alpha value is -1.55. The number of rotatable bonds is 5. The van der Waals surface area contributed by atoms with Crippen molar-refractivity contribution in [2.75, 3.05) is 13.1 Å². The van der Waals surface area contributed by atoms with Gasteiger partial charge in [-0.3, -0.25) is 9.59 Å². The van der Waals surface area contributed by atoms with Crippen molar-refractivity contribution in [3.8, 4) is 0 Å². The fourth-order valence-electron chi connectivity index (χ4n) is 2.73. The van der Waals surface area contributed by atoms with Crippen molar-refractivity contribution in [3.63, 3.8) is 0 Å². The van der Waals surface area contributed by atoms with Gasteiger partial charge in [0.05, 0.1) is 0 Å². The Bertz CT molecular complexity index is 525.